The smallest absolute Gasteiger partial charge is 0.244 e. The number of hydrogen-bond donors (Lipinski definition) is 4. The van der Waals surface area contributed by atoms with Gasteiger partial charge < -0.3 is 5.32 Å². The minimum Gasteiger partial charge on any atom is -0.325 e. The van der Waals surface area contributed by atoms with Crippen LogP contribution in [0, 0.1) is 0 Å². The number of hydrogen-bond acceptors (Lipinski definition) is 6. The molecule has 1 aliphatic heterocycles. The van der Waals surface area contributed by atoms with Gasteiger partial charge in [-0.1, -0.05) is 30.3 Å². The van der Waals surface area contributed by atoms with Gasteiger partial charge in [0.15, 0.2) is 9.84 Å². The molecule has 2 atom stereocenters. The van der Waals surface area contributed by atoms with Gasteiger partial charge in [-0.3, -0.25) is 4.79 Å². The number of benzene rings is 2. The molecule has 0 spiro atoms. The molecule has 8 heteroatoms. The molecule has 0 radical (unpaired) electrons. The van der Waals surface area contributed by atoms with E-state index in [0.717, 1.165) is 11.8 Å². The summed E-state index contributed by atoms with van der Waals surface area (Å²) < 4.78 is 22.9. The van der Waals surface area contributed by atoms with Gasteiger partial charge in [0.1, 0.15) is 6.04 Å². The third kappa shape index (κ3) is 3.62. The molecule has 0 saturated carbocycles. The summed E-state index contributed by atoms with van der Waals surface area (Å²) in [6.45, 7) is 0. The zero-order chi connectivity index (χ0) is 17.2. The lowest BCUT2D eigenvalue weighted by Gasteiger charge is -2.18. The summed E-state index contributed by atoms with van der Waals surface area (Å²) in [6.07, 6.45) is 1.14. The van der Waals surface area contributed by atoms with Crippen LogP contribution < -0.4 is 21.7 Å². The lowest BCUT2D eigenvalue weighted by molar-refractivity contribution is -0.118. The zero-order valence-electron chi connectivity index (χ0n) is 13.0. The van der Waals surface area contributed by atoms with Crippen LogP contribution >= 0.6 is 0 Å². The molecule has 0 bridgehead atoms. The molecule has 2 aromatic carbocycles. The first-order chi connectivity index (χ1) is 11.4. The van der Waals surface area contributed by atoms with Crippen LogP contribution in [0.15, 0.2) is 59.5 Å². The lowest BCUT2D eigenvalue weighted by Crippen LogP contribution is -2.41. The van der Waals surface area contributed by atoms with E-state index in [1.165, 1.54) is 12.1 Å². The minimum absolute atomic E-state index is 0.213. The molecule has 1 fully saturated rings. The van der Waals surface area contributed by atoms with Crippen LogP contribution in [0.4, 0.5) is 5.69 Å². The van der Waals surface area contributed by atoms with E-state index in [9.17, 15) is 13.2 Å². The number of hydrazine groups is 2. The summed E-state index contributed by atoms with van der Waals surface area (Å²) >= 11 is 0. The van der Waals surface area contributed by atoms with Crippen molar-refractivity contribution < 1.29 is 13.2 Å². The van der Waals surface area contributed by atoms with Crippen molar-refractivity contribution in [2.24, 2.45) is 0 Å². The maximum atomic E-state index is 12.5. The monoisotopic (exact) mass is 346 g/mol. The van der Waals surface area contributed by atoms with Crippen molar-refractivity contribution in [1.29, 1.82) is 0 Å². The molecule has 24 heavy (non-hydrogen) atoms. The van der Waals surface area contributed by atoms with Crippen molar-refractivity contribution in [1.82, 2.24) is 16.4 Å². The number of rotatable bonds is 4. The summed E-state index contributed by atoms with van der Waals surface area (Å²) in [7, 11) is -3.25. The molecule has 4 N–H and O–H groups in total. The maximum Gasteiger partial charge on any atom is 0.244 e. The Kier molecular flexibility index (Phi) is 4.63. The highest BCUT2D eigenvalue weighted by atomic mass is 32.2. The van der Waals surface area contributed by atoms with E-state index < -0.39 is 15.9 Å². The summed E-state index contributed by atoms with van der Waals surface area (Å²) in [5.41, 5.74) is 10.2. The van der Waals surface area contributed by atoms with Crippen LogP contribution in [-0.2, 0) is 14.6 Å². The Morgan fingerprint density at radius 2 is 1.67 bits per heavy atom. The van der Waals surface area contributed by atoms with Gasteiger partial charge in [-0.15, -0.1) is 0 Å². The Morgan fingerprint density at radius 3 is 2.29 bits per heavy atom. The van der Waals surface area contributed by atoms with E-state index in [-0.39, 0.29) is 16.8 Å². The second kappa shape index (κ2) is 6.70. The Hall–Kier alpha value is -2.26. The molecule has 3 rings (SSSR count). The Balaban J connectivity index is 1.72. The third-order valence-electron chi connectivity index (χ3n) is 3.78. The number of sulfone groups is 1. The fourth-order valence-electron chi connectivity index (χ4n) is 2.52. The highest BCUT2D eigenvalue weighted by Crippen LogP contribution is 2.20. The van der Waals surface area contributed by atoms with E-state index in [4.69, 9.17) is 0 Å². The van der Waals surface area contributed by atoms with E-state index in [2.05, 4.69) is 21.7 Å². The van der Waals surface area contributed by atoms with Crippen molar-refractivity contribution in [3.63, 3.8) is 0 Å². The van der Waals surface area contributed by atoms with Crippen molar-refractivity contribution in [2.45, 2.75) is 17.0 Å². The highest BCUT2D eigenvalue weighted by Gasteiger charge is 2.33. The van der Waals surface area contributed by atoms with E-state index in [0.29, 0.717) is 5.69 Å². The van der Waals surface area contributed by atoms with Gasteiger partial charge in [0.2, 0.25) is 5.91 Å². The molecule has 126 valence electrons. The summed E-state index contributed by atoms with van der Waals surface area (Å²) in [5, 5.41) is 2.79. The number of anilines is 1. The summed E-state index contributed by atoms with van der Waals surface area (Å²) in [6, 6.07) is 15.0. The fourth-order valence-corrected chi connectivity index (χ4v) is 3.15. The first-order valence-corrected chi connectivity index (χ1v) is 9.26. The number of carbonyl (C=O) groups is 1. The zero-order valence-corrected chi connectivity index (χ0v) is 13.8. The number of nitrogens with one attached hydrogen (secondary N) is 4. The van der Waals surface area contributed by atoms with Gasteiger partial charge in [0, 0.05) is 11.9 Å². The molecular formula is C16H18N4O3S. The highest BCUT2D eigenvalue weighted by molar-refractivity contribution is 7.90. The molecule has 2 aromatic rings. The van der Waals surface area contributed by atoms with Crippen LogP contribution in [0.1, 0.15) is 11.6 Å². The van der Waals surface area contributed by atoms with Gasteiger partial charge in [-0.25, -0.2) is 19.3 Å². The average Bonchev–Trinajstić information content (AvgIpc) is 3.05. The summed E-state index contributed by atoms with van der Waals surface area (Å²) in [5.74, 6) is -0.228. The Labute approximate surface area is 140 Å². The van der Waals surface area contributed by atoms with Crippen LogP contribution in [0.5, 0.6) is 0 Å². The Bertz CT molecular complexity index is 822. The predicted molar refractivity (Wildman–Crippen MR) is 90.6 cm³/mol. The van der Waals surface area contributed by atoms with Crippen LogP contribution in [-0.4, -0.2) is 26.6 Å². The number of amides is 1. The second-order valence-corrected chi connectivity index (χ2v) is 7.58. The molecule has 1 amide bonds. The minimum atomic E-state index is -3.25. The second-order valence-electron chi connectivity index (χ2n) is 5.57. The van der Waals surface area contributed by atoms with Crippen LogP contribution in [0.2, 0.25) is 0 Å². The van der Waals surface area contributed by atoms with Crippen molar-refractivity contribution in [2.75, 3.05) is 11.6 Å². The van der Waals surface area contributed by atoms with Crippen LogP contribution in [0.25, 0.3) is 0 Å². The first-order valence-electron chi connectivity index (χ1n) is 7.37. The van der Waals surface area contributed by atoms with Crippen molar-refractivity contribution in [3.8, 4) is 0 Å². The molecular weight excluding hydrogens is 328 g/mol. The van der Waals surface area contributed by atoms with Crippen molar-refractivity contribution in [3.05, 3.63) is 60.2 Å². The molecule has 1 saturated heterocycles. The normalized spacial score (nSPS) is 20.7. The standard InChI is InChI=1S/C16H18N4O3S/c1-24(22,23)13-9-7-12(8-10-13)17-16(21)15-14(18-20-19-15)11-5-3-2-4-6-11/h2-10,14-15,18-20H,1H3,(H,17,21). The molecule has 0 aromatic heterocycles. The number of carbonyl (C=O) groups excluding carboxylic acids is 1. The molecule has 1 heterocycles. The molecule has 0 aliphatic carbocycles. The van der Waals surface area contributed by atoms with Gasteiger partial charge >= 0.3 is 0 Å². The quantitative estimate of drug-likeness (QED) is 0.652. The fraction of sp³-hybridized carbons (Fsp3) is 0.188. The molecule has 2 unspecified atom stereocenters. The molecule has 7 nitrogen and oxygen atoms in total. The summed E-state index contributed by atoms with van der Waals surface area (Å²) in [4.78, 5) is 12.7. The largest absolute Gasteiger partial charge is 0.325 e. The predicted octanol–water partition coefficient (Wildman–Crippen LogP) is 0.751. The average molecular weight is 346 g/mol. The van der Waals surface area contributed by atoms with E-state index >= 15 is 0 Å². The van der Waals surface area contributed by atoms with Gasteiger partial charge in [-0.05, 0) is 29.8 Å². The topological polar surface area (TPSA) is 99.3 Å². The van der Waals surface area contributed by atoms with Gasteiger partial charge in [0.05, 0.1) is 10.9 Å². The SMILES string of the molecule is CS(=O)(=O)c1ccc(NC(=O)C2NNNC2c2ccccc2)cc1. The molecule has 1 aliphatic rings. The van der Waals surface area contributed by atoms with Crippen LogP contribution in [0.3, 0.4) is 0 Å². The van der Waals surface area contributed by atoms with E-state index in [1.54, 1.807) is 12.1 Å². The van der Waals surface area contributed by atoms with E-state index in [1.807, 2.05) is 30.3 Å². The third-order valence-corrected chi connectivity index (χ3v) is 4.91. The van der Waals surface area contributed by atoms with Gasteiger partial charge in [-0.2, -0.15) is 5.53 Å². The first kappa shape index (κ1) is 16.6. The Morgan fingerprint density at radius 1 is 1.00 bits per heavy atom. The van der Waals surface area contributed by atoms with Crippen molar-refractivity contribution >= 4 is 21.4 Å². The maximum absolute atomic E-state index is 12.5. The van der Waals surface area contributed by atoms with Gasteiger partial charge in [0.25, 0.3) is 0 Å². The lowest BCUT2D eigenvalue weighted by atomic mass is 10.0.